The fourth-order valence-electron chi connectivity index (χ4n) is 2.03. The minimum Gasteiger partial charge on any atom is -0.496 e. The van der Waals surface area contributed by atoms with Crippen molar-refractivity contribution in [2.75, 3.05) is 7.11 Å². The molecule has 1 unspecified atom stereocenters. The van der Waals surface area contributed by atoms with Crippen LogP contribution in [0.2, 0.25) is 0 Å². The van der Waals surface area contributed by atoms with Crippen molar-refractivity contribution < 1.29 is 4.74 Å². The lowest BCUT2D eigenvalue weighted by Crippen LogP contribution is -2.14. The van der Waals surface area contributed by atoms with E-state index in [2.05, 4.69) is 34.9 Å². The topological polar surface area (TPSA) is 53.1 Å². The summed E-state index contributed by atoms with van der Waals surface area (Å²) in [5.41, 5.74) is 8.34. The molecule has 1 heterocycles. The van der Waals surface area contributed by atoms with Crippen LogP contribution in [0.25, 0.3) is 0 Å². The van der Waals surface area contributed by atoms with Crippen molar-refractivity contribution in [3.8, 4) is 5.75 Å². The van der Waals surface area contributed by atoms with Crippen molar-refractivity contribution in [1.82, 2.24) is 9.78 Å². The summed E-state index contributed by atoms with van der Waals surface area (Å²) in [4.78, 5) is 0. The number of nitrogens with zero attached hydrogens (tertiary/aromatic N) is 2. The lowest BCUT2D eigenvalue weighted by atomic mass is 10.0. The van der Waals surface area contributed by atoms with Crippen molar-refractivity contribution >= 4 is 15.9 Å². The van der Waals surface area contributed by atoms with Gasteiger partial charge in [-0.1, -0.05) is 6.07 Å². The van der Waals surface area contributed by atoms with Gasteiger partial charge in [-0.15, -0.1) is 0 Å². The zero-order valence-electron chi connectivity index (χ0n) is 12.0. The van der Waals surface area contributed by atoms with E-state index < -0.39 is 0 Å². The second kappa shape index (κ2) is 6.41. The van der Waals surface area contributed by atoms with Gasteiger partial charge in [0.15, 0.2) is 0 Å². The molecule has 0 fully saturated rings. The quantitative estimate of drug-likeness (QED) is 0.908. The predicted molar refractivity (Wildman–Crippen MR) is 83.9 cm³/mol. The molecule has 1 aromatic carbocycles. The van der Waals surface area contributed by atoms with Crippen LogP contribution in [-0.2, 0) is 6.42 Å². The molecule has 0 aliphatic heterocycles. The molecule has 4 nitrogen and oxygen atoms in total. The molecule has 0 saturated carbocycles. The van der Waals surface area contributed by atoms with Crippen LogP contribution in [0.4, 0.5) is 0 Å². The molecule has 0 bridgehead atoms. The molecule has 108 valence electrons. The van der Waals surface area contributed by atoms with Gasteiger partial charge in [-0.3, -0.25) is 4.68 Å². The Hall–Kier alpha value is -1.33. The number of aromatic nitrogens is 2. The van der Waals surface area contributed by atoms with Gasteiger partial charge in [-0.05, 0) is 53.5 Å². The highest BCUT2D eigenvalue weighted by molar-refractivity contribution is 9.10. The Morgan fingerprint density at radius 3 is 2.65 bits per heavy atom. The summed E-state index contributed by atoms with van der Waals surface area (Å²) in [5.74, 6) is 0.810. The number of benzene rings is 1. The third kappa shape index (κ3) is 3.41. The monoisotopic (exact) mass is 337 g/mol. The molecule has 2 rings (SSSR count). The van der Waals surface area contributed by atoms with Crippen LogP contribution >= 0.6 is 15.9 Å². The van der Waals surface area contributed by atoms with E-state index in [1.54, 1.807) is 7.11 Å². The van der Waals surface area contributed by atoms with E-state index in [0.717, 1.165) is 27.9 Å². The summed E-state index contributed by atoms with van der Waals surface area (Å²) in [7, 11) is 1.65. The molecule has 0 aliphatic carbocycles. The number of ether oxygens (including phenoxy) is 1. The fraction of sp³-hybridized carbons (Fsp3) is 0.400. The molecule has 0 amide bonds. The molecule has 0 saturated heterocycles. The highest BCUT2D eigenvalue weighted by atomic mass is 79.9. The normalized spacial score (nSPS) is 12.7. The molecular formula is C15H20BrN3O. The van der Waals surface area contributed by atoms with E-state index in [9.17, 15) is 0 Å². The van der Waals surface area contributed by atoms with Gasteiger partial charge in [0, 0.05) is 24.7 Å². The molecule has 0 radical (unpaired) electrons. The predicted octanol–water partition coefficient (Wildman–Crippen LogP) is 3.48. The molecule has 2 N–H and O–H groups in total. The van der Waals surface area contributed by atoms with Gasteiger partial charge in [0.05, 0.1) is 17.3 Å². The van der Waals surface area contributed by atoms with Gasteiger partial charge in [-0.25, -0.2) is 0 Å². The number of hydrogen-bond donors (Lipinski definition) is 1. The zero-order valence-corrected chi connectivity index (χ0v) is 13.6. The van der Waals surface area contributed by atoms with Crippen LogP contribution in [-0.4, -0.2) is 16.9 Å². The maximum Gasteiger partial charge on any atom is 0.133 e. The average Bonchev–Trinajstić information content (AvgIpc) is 2.87. The summed E-state index contributed by atoms with van der Waals surface area (Å²) in [6, 6.07) is 8.24. The van der Waals surface area contributed by atoms with Crippen LogP contribution in [0.15, 0.2) is 34.9 Å². The third-order valence-corrected chi connectivity index (χ3v) is 3.85. The Balaban J connectivity index is 2.10. The van der Waals surface area contributed by atoms with Gasteiger partial charge in [0.1, 0.15) is 5.75 Å². The van der Waals surface area contributed by atoms with E-state index in [1.807, 2.05) is 35.1 Å². The molecule has 0 spiro atoms. The van der Waals surface area contributed by atoms with Crippen molar-refractivity contribution in [3.05, 3.63) is 46.2 Å². The molecular weight excluding hydrogens is 318 g/mol. The van der Waals surface area contributed by atoms with Gasteiger partial charge in [0.25, 0.3) is 0 Å². The molecule has 1 atom stereocenters. The van der Waals surface area contributed by atoms with Gasteiger partial charge in [0.2, 0.25) is 0 Å². The fourth-order valence-corrected chi connectivity index (χ4v) is 2.59. The van der Waals surface area contributed by atoms with Gasteiger partial charge < -0.3 is 10.5 Å². The van der Waals surface area contributed by atoms with Crippen LogP contribution < -0.4 is 10.5 Å². The number of hydrogen-bond acceptors (Lipinski definition) is 3. The largest absolute Gasteiger partial charge is 0.496 e. The summed E-state index contributed by atoms with van der Waals surface area (Å²) in [6.45, 7) is 4.22. The number of rotatable bonds is 5. The Labute approximate surface area is 128 Å². The molecule has 5 heteroatoms. The molecule has 0 aliphatic rings. The minimum absolute atomic E-state index is 0.0762. The van der Waals surface area contributed by atoms with E-state index in [0.29, 0.717) is 6.04 Å². The Kier molecular flexibility index (Phi) is 4.83. The second-order valence-corrected chi connectivity index (χ2v) is 5.94. The van der Waals surface area contributed by atoms with Crippen molar-refractivity contribution in [1.29, 1.82) is 0 Å². The lowest BCUT2D eigenvalue weighted by molar-refractivity contribution is 0.412. The zero-order chi connectivity index (χ0) is 14.7. The first-order valence-electron chi connectivity index (χ1n) is 6.64. The summed E-state index contributed by atoms with van der Waals surface area (Å²) in [5, 5.41) is 4.53. The smallest absolute Gasteiger partial charge is 0.133 e. The molecule has 20 heavy (non-hydrogen) atoms. The lowest BCUT2D eigenvalue weighted by Gasteiger charge is -2.13. The summed E-state index contributed by atoms with van der Waals surface area (Å²) in [6.07, 6.45) is 2.72. The van der Waals surface area contributed by atoms with Gasteiger partial charge in [-0.2, -0.15) is 5.10 Å². The van der Waals surface area contributed by atoms with E-state index in [-0.39, 0.29) is 6.04 Å². The van der Waals surface area contributed by atoms with Crippen LogP contribution in [0.3, 0.4) is 0 Å². The first kappa shape index (κ1) is 15.1. The molecule has 1 aromatic heterocycles. The Morgan fingerprint density at radius 1 is 1.35 bits per heavy atom. The van der Waals surface area contributed by atoms with E-state index in [1.165, 1.54) is 0 Å². The average molecular weight is 338 g/mol. The number of halogens is 1. The second-order valence-electron chi connectivity index (χ2n) is 5.09. The van der Waals surface area contributed by atoms with Crippen molar-refractivity contribution in [2.45, 2.75) is 32.4 Å². The Morgan fingerprint density at radius 2 is 2.10 bits per heavy atom. The maximum absolute atomic E-state index is 6.26. The number of nitrogens with two attached hydrogens (primary N) is 1. The van der Waals surface area contributed by atoms with Crippen LogP contribution in [0.5, 0.6) is 5.75 Å². The van der Waals surface area contributed by atoms with E-state index >= 15 is 0 Å². The summed E-state index contributed by atoms with van der Waals surface area (Å²) >= 11 is 3.48. The first-order chi connectivity index (χ1) is 9.51. The highest BCUT2D eigenvalue weighted by Gasteiger charge is 2.12. The highest BCUT2D eigenvalue weighted by Crippen LogP contribution is 2.28. The minimum atomic E-state index is -0.0762. The van der Waals surface area contributed by atoms with Crippen LogP contribution in [0.1, 0.15) is 37.2 Å². The Bertz CT molecular complexity index is 580. The van der Waals surface area contributed by atoms with Crippen molar-refractivity contribution in [2.24, 2.45) is 5.73 Å². The van der Waals surface area contributed by atoms with E-state index in [4.69, 9.17) is 10.5 Å². The standard InChI is InChI=1S/C15H20BrN3O/c1-10(2)19-7-6-12(18-19)9-14(17)11-4-5-15(20-3)13(16)8-11/h4-8,10,14H,9,17H2,1-3H3. The third-order valence-electron chi connectivity index (χ3n) is 3.23. The van der Waals surface area contributed by atoms with Gasteiger partial charge >= 0.3 is 0 Å². The maximum atomic E-state index is 6.26. The molecule has 2 aromatic rings. The number of methoxy groups -OCH3 is 1. The van der Waals surface area contributed by atoms with Crippen LogP contribution in [0, 0.1) is 0 Å². The SMILES string of the molecule is COc1ccc(C(N)Cc2ccn(C(C)C)n2)cc1Br. The van der Waals surface area contributed by atoms with Crippen molar-refractivity contribution in [3.63, 3.8) is 0 Å². The first-order valence-corrected chi connectivity index (χ1v) is 7.43. The summed E-state index contributed by atoms with van der Waals surface area (Å²) < 4.78 is 8.09.